The number of carbonyl (C=O) groups excluding carboxylic acids is 2. The fourth-order valence-corrected chi connectivity index (χ4v) is 3.50. The van der Waals surface area contributed by atoms with E-state index in [1.165, 1.54) is 25.6 Å². The average Bonchev–Trinajstić information content (AvgIpc) is 3.12. The summed E-state index contributed by atoms with van der Waals surface area (Å²) in [7, 11) is 2.67. The smallest absolute Gasteiger partial charge is 0.348 e. The topological polar surface area (TPSA) is 71.1 Å². The second-order valence-electron chi connectivity index (χ2n) is 5.19. The molecule has 0 radical (unpaired) electrons. The van der Waals surface area contributed by atoms with Crippen LogP contribution in [0.3, 0.4) is 0 Å². The molecule has 0 saturated heterocycles. The molecule has 0 atom stereocenters. The monoisotopic (exact) mass is 378 g/mol. The largest absolute Gasteiger partial charge is 0.465 e. The lowest BCUT2D eigenvalue weighted by Crippen LogP contribution is -2.07. The molecule has 0 N–H and O–H groups in total. The summed E-state index contributed by atoms with van der Waals surface area (Å²) in [5, 5.41) is 0. The summed E-state index contributed by atoms with van der Waals surface area (Å²) in [6.07, 6.45) is -0.540. The van der Waals surface area contributed by atoms with E-state index in [0.29, 0.717) is 29.2 Å². The van der Waals surface area contributed by atoms with Crippen molar-refractivity contribution in [1.82, 2.24) is 0 Å². The first-order valence-electron chi connectivity index (χ1n) is 8.19. The molecule has 1 aromatic heterocycles. The number of carbonyl (C=O) groups is 2. The van der Waals surface area contributed by atoms with Crippen LogP contribution >= 0.6 is 11.3 Å². The fourth-order valence-electron chi connectivity index (χ4n) is 2.40. The van der Waals surface area contributed by atoms with Gasteiger partial charge in [-0.1, -0.05) is 12.1 Å². The first kappa shape index (κ1) is 20.1. The van der Waals surface area contributed by atoms with Gasteiger partial charge in [0.15, 0.2) is 6.29 Å². The van der Waals surface area contributed by atoms with Crippen LogP contribution in [-0.4, -0.2) is 39.4 Å². The number of benzene rings is 1. The Kier molecular flexibility index (Phi) is 7.32. The third kappa shape index (κ3) is 4.49. The molecule has 0 spiro atoms. The number of methoxy groups -OCH3 is 2. The van der Waals surface area contributed by atoms with Gasteiger partial charge in [0.05, 0.1) is 24.7 Å². The zero-order valence-electron chi connectivity index (χ0n) is 15.2. The van der Waals surface area contributed by atoms with Crippen LogP contribution in [0.4, 0.5) is 0 Å². The van der Waals surface area contributed by atoms with E-state index in [-0.39, 0.29) is 0 Å². The van der Waals surface area contributed by atoms with E-state index < -0.39 is 18.2 Å². The van der Waals surface area contributed by atoms with Gasteiger partial charge in [-0.25, -0.2) is 9.59 Å². The molecular weight excluding hydrogens is 356 g/mol. The highest BCUT2D eigenvalue weighted by Gasteiger charge is 2.23. The van der Waals surface area contributed by atoms with Gasteiger partial charge in [-0.05, 0) is 37.6 Å². The normalized spacial score (nSPS) is 10.8. The summed E-state index contributed by atoms with van der Waals surface area (Å²) in [5.74, 6) is -0.844. The highest BCUT2D eigenvalue weighted by Crippen LogP contribution is 2.37. The Balaban J connectivity index is 2.45. The SMILES string of the molecule is CCOC(OCC)c1cc(-c2ccc(C(=O)OC)cc2)c(C(=O)OC)s1. The maximum absolute atomic E-state index is 12.2. The number of ether oxygens (including phenoxy) is 4. The van der Waals surface area contributed by atoms with Crippen molar-refractivity contribution in [2.75, 3.05) is 27.4 Å². The lowest BCUT2D eigenvalue weighted by atomic mass is 10.0. The number of esters is 2. The van der Waals surface area contributed by atoms with Gasteiger partial charge in [0.2, 0.25) is 0 Å². The van der Waals surface area contributed by atoms with Crippen LogP contribution in [0.2, 0.25) is 0 Å². The Morgan fingerprint density at radius 1 is 0.962 bits per heavy atom. The molecule has 0 amide bonds. The molecule has 1 aromatic carbocycles. The molecule has 0 aliphatic rings. The number of hydrogen-bond donors (Lipinski definition) is 0. The van der Waals surface area contributed by atoms with Crippen LogP contribution in [0.1, 0.15) is 45.0 Å². The Labute approximate surface area is 156 Å². The molecule has 1 heterocycles. The molecule has 0 fully saturated rings. The molecule has 7 heteroatoms. The van der Waals surface area contributed by atoms with Crippen LogP contribution in [0, 0.1) is 0 Å². The second-order valence-corrected chi connectivity index (χ2v) is 6.28. The Morgan fingerprint density at radius 3 is 2.04 bits per heavy atom. The Hall–Kier alpha value is -2.22. The van der Waals surface area contributed by atoms with Crippen molar-refractivity contribution in [2.24, 2.45) is 0 Å². The Bertz CT molecular complexity index is 744. The van der Waals surface area contributed by atoms with Crippen LogP contribution in [0.25, 0.3) is 11.1 Å². The van der Waals surface area contributed by atoms with Crippen LogP contribution in [0.15, 0.2) is 30.3 Å². The van der Waals surface area contributed by atoms with E-state index >= 15 is 0 Å². The molecule has 0 saturated carbocycles. The van der Waals surface area contributed by atoms with Gasteiger partial charge in [-0.2, -0.15) is 0 Å². The lowest BCUT2D eigenvalue weighted by Gasteiger charge is -2.14. The van der Waals surface area contributed by atoms with Crippen molar-refractivity contribution in [3.8, 4) is 11.1 Å². The molecular formula is C19H22O6S. The molecule has 26 heavy (non-hydrogen) atoms. The van der Waals surface area contributed by atoms with Crippen LogP contribution in [0.5, 0.6) is 0 Å². The number of thiophene rings is 1. The van der Waals surface area contributed by atoms with E-state index in [9.17, 15) is 9.59 Å². The van der Waals surface area contributed by atoms with Crippen LogP contribution < -0.4 is 0 Å². The molecule has 2 rings (SSSR count). The predicted molar refractivity (Wildman–Crippen MR) is 98.4 cm³/mol. The predicted octanol–water partition coefficient (Wildman–Crippen LogP) is 4.06. The van der Waals surface area contributed by atoms with Crippen molar-refractivity contribution >= 4 is 23.3 Å². The molecule has 2 aromatic rings. The minimum atomic E-state index is -0.540. The summed E-state index contributed by atoms with van der Waals surface area (Å²) in [5.41, 5.74) is 1.93. The van der Waals surface area contributed by atoms with E-state index in [1.807, 2.05) is 19.9 Å². The maximum Gasteiger partial charge on any atom is 0.348 e. The quantitative estimate of drug-likeness (QED) is 0.510. The Morgan fingerprint density at radius 2 is 1.54 bits per heavy atom. The van der Waals surface area contributed by atoms with Crippen molar-refractivity contribution in [2.45, 2.75) is 20.1 Å². The summed E-state index contributed by atoms with van der Waals surface area (Å²) in [6.45, 7) is 4.74. The van der Waals surface area contributed by atoms with Crippen LogP contribution in [-0.2, 0) is 18.9 Å². The van der Waals surface area contributed by atoms with Crippen molar-refractivity contribution < 1.29 is 28.5 Å². The zero-order chi connectivity index (χ0) is 19.1. The van der Waals surface area contributed by atoms with Gasteiger partial charge in [0, 0.05) is 18.8 Å². The third-order valence-corrected chi connectivity index (χ3v) is 4.74. The molecule has 0 aliphatic heterocycles. The number of hydrogen-bond acceptors (Lipinski definition) is 7. The average molecular weight is 378 g/mol. The van der Waals surface area contributed by atoms with E-state index in [4.69, 9.17) is 18.9 Å². The molecule has 0 unspecified atom stereocenters. The summed E-state index contributed by atoms with van der Waals surface area (Å²) >= 11 is 1.27. The van der Waals surface area contributed by atoms with E-state index in [0.717, 1.165) is 10.4 Å². The van der Waals surface area contributed by atoms with Crippen molar-refractivity contribution in [1.29, 1.82) is 0 Å². The third-order valence-electron chi connectivity index (χ3n) is 3.61. The van der Waals surface area contributed by atoms with Gasteiger partial charge < -0.3 is 18.9 Å². The minimum Gasteiger partial charge on any atom is -0.465 e. The van der Waals surface area contributed by atoms with Gasteiger partial charge in [-0.3, -0.25) is 0 Å². The maximum atomic E-state index is 12.2. The molecule has 0 bridgehead atoms. The van der Waals surface area contributed by atoms with E-state index in [2.05, 4.69) is 0 Å². The van der Waals surface area contributed by atoms with Gasteiger partial charge in [0.1, 0.15) is 4.88 Å². The fraction of sp³-hybridized carbons (Fsp3) is 0.368. The molecule has 0 aliphatic carbocycles. The summed E-state index contributed by atoms with van der Waals surface area (Å²) in [6, 6.07) is 8.70. The lowest BCUT2D eigenvalue weighted by molar-refractivity contribution is -0.138. The zero-order valence-corrected chi connectivity index (χ0v) is 16.1. The minimum absolute atomic E-state index is 0.413. The molecule has 6 nitrogen and oxygen atoms in total. The van der Waals surface area contributed by atoms with Gasteiger partial charge >= 0.3 is 11.9 Å². The molecule has 140 valence electrons. The van der Waals surface area contributed by atoms with Gasteiger partial charge in [-0.15, -0.1) is 11.3 Å². The van der Waals surface area contributed by atoms with Crippen molar-refractivity contribution in [3.05, 3.63) is 45.6 Å². The number of rotatable bonds is 8. The standard InChI is InChI=1S/C19H22O6S/c1-5-24-19(25-6-2)15-11-14(16(26-15)18(21)23-4)12-7-9-13(10-8-12)17(20)22-3/h7-11,19H,5-6H2,1-4H3. The van der Waals surface area contributed by atoms with Crippen molar-refractivity contribution in [3.63, 3.8) is 0 Å². The van der Waals surface area contributed by atoms with E-state index in [1.54, 1.807) is 24.3 Å². The summed E-state index contributed by atoms with van der Waals surface area (Å²) < 4.78 is 20.9. The first-order chi connectivity index (χ1) is 12.5. The second kappa shape index (κ2) is 9.47. The highest BCUT2D eigenvalue weighted by molar-refractivity contribution is 7.14. The van der Waals surface area contributed by atoms with Gasteiger partial charge in [0.25, 0.3) is 0 Å². The highest BCUT2D eigenvalue weighted by atomic mass is 32.1. The summed E-state index contributed by atoms with van der Waals surface area (Å²) in [4.78, 5) is 25.0. The first-order valence-corrected chi connectivity index (χ1v) is 9.01.